The van der Waals surface area contributed by atoms with E-state index in [0.29, 0.717) is 0 Å². The van der Waals surface area contributed by atoms with Crippen molar-refractivity contribution < 1.29 is 0 Å². The van der Waals surface area contributed by atoms with Gasteiger partial charge in [0.25, 0.3) is 0 Å². The van der Waals surface area contributed by atoms with Crippen molar-refractivity contribution in [2.24, 2.45) is 0 Å². The molecule has 1 fully saturated rings. The molecule has 0 aromatic carbocycles. The van der Waals surface area contributed by atoms with Gasteiger partial charge in [-0.1, -0.05) is 0 Å². The summed E-state index contributed by atoms with van der Waals surface area (Å²) in [5.74, 6) is 1.12. The monoisotopic (exact) mass is 256 g/mol. The summed E-state index contributed by atoms with van der Waals surface area (Å²) in [5, 5.41) is 4.85. The zero-order valence-corrected chi connectivity index (χ0v) is 11.3. The highest BCUT2D eigenvalue weighted by molar-refractivity contribution is 5.49. The molecule has 0 bridgehead atoms. The fourth-order valence-corrected chi connectivity index (χ4v) is 3.34. The van der Waals surface area contributed by atoms with Gasteiger partial charge in [-0.15, -0.1) is 5.10 Å². The fourth-order valence-electron chi connectivity index (χ4n) is 3.34. The van der Waals surface area contributed by atoms with Crippen LogP contribution in [-0.2, 0) is 12.8 Å². The topological polar surface area (TPSA) is 33.4 Å². The Hall–Kier alpha value is -1.58. The molecular formula is C15H20N4. The van der Waals surface area contributed by atoms with E-state index in [-0.39, 0.29) is 0 Å². The molecule has 4 heteroatoms. The molecule has 0 spiro atoms. The average Bonchev–Trinajstić information content (AvgIpc) is 2.86. The number of aromatic nitrogens is 3. The molecule has 2 aliphatic rings. The van der Waals surface area contributed by atoms with E-state index in [0.717, 1.165) is 37.4 Å². The number of piperidine rings is 1. The van der Waals surface area contributed by atoms with Gasteiger partial charge >= 0.3 is 0 Å². The van der Waals surface area contributed by atoms with Crippen molar-refractivity contribution in [3.05, 3.63) is 23.5 Å². The first-order valence-electron chi connectivity index (χ1n) is 7.54. The third-order valence-electron chi connectivity index (χ3n) is 4.40. The van der Waals surface area contributed by atoms with Crippen LogP contribution in [0.3, 0.4) is 0 Å². The number of hydrogen-bond acceptors (Lipinski definition) is 3. The van der Waals surface area contributed by atoms with E-state index in [9.17, 15) is 0 Å². The molecular weight excluding hydrogens is 236 g/mol. The minimum Gasteiger partial charge on any atom is -0.355 e. The first-order valence-corrected chi connectivity index (χ1v) is 7.54. The number of fused-ring (bicyclic) bond motifs is 3. The van der Waals surface area contributed by atoms with Crippen molar-refractivity contribution in [3.8, 4) is 0 Å². The van der Waals surface area contributed by atoms with Gasteiger partial charge < -0.3 is 4.90 Å². The Bertz CT molecular complexity index is 595. The molecule has 0 amide bonds. The van der Waals surface area contributed by atoms with E-state index in [1.54, 1.807) is 0 Å². The van der Waals surface area contributed by atoms with Gasteiger partial charge in [0.2, 0.25) is 0 Å². The molecule has 19 heavy (non-hydrogen) atoms. The molecule has 4 rings (SSSR count). The van der Waals surface area contributed by atoms with Crippen LogP contribution in [0.2, 0.25) is 0 Å². The fraction of sp³-hybridized carbons (Fsp3) is 0.600. The Balaban J connectivity index is 1.77. The molecule has 0 saturated carbocycles. The lowest BCUT2D eigenvalue weighted by Crippen LogP contribution is -2.30. The molecule has 1 saturated heterocycles. The minimum atomic E-state index is 1.02. The third-order valence-corrected chi connectivity index (χ3v) is 4.40. The van der Waals surface area contributed by atoms with Crippen molar-refractivity contribution >= 4 is 11.5 Å². The molecule has 3 heterocycles. The number of aryl methyl sites for hydroxylation is 2. The van der Waals surface area contributed by atoms with Crippen molar-refractivity contribution in [2.45, 2.75) is 44.9 Å². The summed E-state index contributed by atoms with van der Waals surface area (Å²) >= 11 is 0. The standard InChI is InChI=1S/C15H20N4/c1-4-10-18(11-5-1)15-9-8-14-16-12-6-2-3-7-13(12)19(14)17-15/h8-9H,1-7,10-11H2. The van der Waals surface area contributed by atoms with Crippen LogP contribution in [0.4, 0.5) is 5.82 Å². The molecule has 100 valence electrons. The zero-order valence-electron chi connectivity index (χ0n) is 11.3. The third kappa shape index (κ3) is 1.90. The number of hydrogen-bond donors (Lipinski definition) is 0. The van der Waals surface area contributed by atoms with Gasteiger partial charge in [0, 0.05) is 13.1 Å². The second-order valence-electron chi connectivity index (χ2n) is 5.72. The van der Waals surface area contributed by atoms with Gasteiger partial charge in [-0.2, -0.15) is 0 Å². The van der Waals surface area contributed by atoms with Gasteiger partial charge in [0.1, 0.15) is 5.82 Å². The SMILES string of the molecule is c1cc2nc3c(n2nc1N1CCCCC1)CCCC3. The molecule has 1 aliphatic heterocycles. The van der Waals surface area contributed by atoms with E-state index in [4.69, 9.17) is 10.1 Å². The first kappa shape index (κ1) is 11.3. The van der Waals surface area contributed by atoms with Crippen molar-refractivity contribution in [3.63, 3.8) is 0 Å². The molecule has 2 aromatic rings. The second-order valence-corrected chi connectivity index (χ2v) is 5.72. The number of rotatable bonds is 1. The largest absolute Gasteiger partial charge is 0.355 e. The summed E-state index contributed by atoms with van der Waals surface area (Å²) in [7, 11) is 0. The quantitative estimate of drug-likeness (QED) is 0.786. The Kier molecular flexibility index (Phi) is 2.67. The molecule has 4 nitrogen and oxygen atoms in total. The molecule has 0 unspecified atom stereocenters. The Morgan fingerprint density at radius 1 is 0.895 bits per heavy atom. The van der Waals surface area contributed by atoms with Crippen LogP contribution in [0.5, 0.6) is 0 Å². The van der Waals surface area contributed by atoms with Crippen LogP contribution in [0.15, 0.2) is 12.1 Å². The summed E-state index contributed by atoms with van der Waals surface area (Å²) in [6.45, 7) is 2.30. The van der Waals surface area contributed by atoms with Crippen LogP contribution in [0.1, 0.15) is 43.5 Å². The highest BCUT2D eigenvalue weighted by atomic mass is 15.3. The second kappa shape index (κ2) is 4.51. The highest BCUT2D eigenvalue weighted by Gasteiger charge is 2.18. The van der Waals surface area contributed by atoms with Crippen LogP contribution in [0, 0.1) is 0 Å². The predicted molar refractivity (Wildman–Crippen MR) is 75.7 cm³/mol. The summed E-state index contributed by atoms with van der Waals surface area (Å²) in [6.07, 6.45) is 8.75. The summed E-state index contributed by atoms with van der Waals surface area (Å²) in [4.78, 5) is 7.14. The van der Waals surface area contributed by atoms with Crippen LogP contribution in [-0.4, -0.2) is 27.7 Å². The maximum atomic E-state index is 4.85. The Morgan fingerprint density at radius 3 is 2.63 bits per heavy atom. The lowest BCUT2D eigenvalue weighted by Gasteiger charge is -2.27. The van der Waals surface area contributed by atoms with Gasteiger partial charge in [0.15, 0.2) is 5.65 Å². The number of anilines is 1. The van der Waals surface area contributed by atoms with Crippen molar-refractivity contribution in [1.82, 2.24) is 14.6 Å². The first-order chi connectivity index (χ1) is 9.42. The highest BCUT2D eigenvalue weighted by Crippen LogP contribution is 2.24. The number of nitrogens with zero attached hydrogens (tertiary/aromatic N) is 4. The van der Waals surface area contributed by atoms with E-state index in [1.165, 1.54) is 43.5 Å². The van der Waals surface area contributed by atoms with Gasteiger partial charge in [0.05, 0.1) is 11.4 Å². The number of imidazole rings is 1. The Labute approximate surface area is 113 Å². The average molecular weight is 256 g/mol. The lowest BCUT2D eigenvalue weighted by atomic mass is 10.0. The maximum Gasteiger partial charge on any atom is 0.154 e. The van der Waals surface area contributed by atoms with Crippen LogP contribution >= 0.6 is 0 Å². The maximum absolute atomic E-state index is 4.85. The van der Waals surface area contributed by atoms with Crippen LogP contribution in [0.25, 0.3) is 5.65 Å². The van der Waals surface area contributed by atoms with Crippen LogP contribution < -0.4 is 4.90 Å². The van der Waals surface area contributed by atoms with E-state index in [1.807, 2.05) is 0 Å². The summed E-state index contributed by atoms with van der Waals surface area (Å²) in [5.41, 5.74) is 3.64. The van der Waals surface area contributed by atoms with Crippen molar-refractivity contribution in [2.75, 3.05) is 18.0 Å². The smallest absolute Gasteiger partial charge is 0.154 e. The Morgan fingerprint density at radius 2 is 1.74 bits per heavy atom. The summed E-state index contributed by atoms with van der Waals surface area (Å²) < 4.78 is 2.10. The predicted octanol–water partition coefficient (Wildman–Crippen LogP) is 2.60. The van der Waals surface area contributed by atoms with E-state index >= 15 is 0 Å². The minimum absolute atomic E-state index is 1.02. The molecule has 0 N–H and O–H groups in total. The van der Waals surface area contributed by atoms with E-state index < -0.39 is 0 Å². The van der Waals surface area contributed by atoms with E-state index in [2.05, 4.69) is 21.5 Å². The molecule has 0 radical (unpaired) electrons. The van der Waals surface area contributed by atoms with Crippen molar-refractivity contribution in [1.29, 1.82) is 0 Å². The van der Waals surface area contributed by atoms with Gasteiger partial charge in [-0.3, -0.25) is 0 Å². The van der Waals surface area contributed by atoms with Gasteiger partial charge in [-0.25, -0.2) is 9.50 Å². The lowest BCUT2D eigenvalue weighted by molar-refractivity contribution is 0.568. The molecule has 1 aliphatic carbocycles. The normalized spacial score (nSPS) is 19.7. The molecule has 0 atom stereocenters. The molecule has 2 aromatic heterocycles. The zero-order chi connectivity index (χ0) is 12.7. The van der Waals surface area contributed by atoms with Gasteiger partial charge in [-0.05, 0) is 57.1 Å². The summed E-state index contributed by atoms with van der Waals surface area (Å²) in [6, 6.07) is 4.27.